The number of unbranched alkanes of at least 4 members (excludes halogenated alkanes) is 1. The van der Waals surface area contributed by atoms with Gasteiger partial charge in [-0.25, -0.2) is 0 Å². The molecule has 0 bridgehead atoms. The zero-order chi connectivity index (χ0) is 21.0. The van der Waals surface area contributed by atoms with Crippen LogP contribution in [0.4, 0.5) is 5.69 Å². The SMILES string of the molecule is CCNC(=NCC1CC(=O)Nc2ccccc21)NCCCCOCc1ccccc1.I. The molecule has 0 radical (unpaired) electrons. The van der Waals surface area contributed by atoms with Gasteiger partial charge in [0.1, 0.15) is 0 Å². The maximum Gasteiger partial charge on any atom is 0.225 e. The lowest BCUT2D eigenvalue weighted by Crippen LogP contribution is -2.38. The number of benzene rings is 2. The summed E-state index contributed by atoms with van der Waals surface area (Å²) in [6, 6.07) is 18.2. The third-order valence-electron chi connectivity index (χ3n) is 5.04. The van der Waals surface area contributed by atoms with Crippen LogP contribution in [-0.2, 0) is 16.1 Å². The van der Waals surface area contributed by atoms with Crippen molar-refractivity contribution in [2.24, 2.45) is 4.99 Å². The van der Waals surface area contributed by atoms with E-state index in [9.17, 15) is 4.79 Å². The number of para-hydroxylation sites is 1. The lowest BCUT2D eigenvalue weighted by atomic mass is 9.91. The van der Waals surface area contributed by atoms with E-state index in [1.165, 1.54) is 5.56 Å². The van der Waals surface area contributed by atoms with Crippen molar-refractivity contribution < 1.29 is 9.53 Å². The highest BCUT2D eigenvalue weighted by atomic mass is 127. The Balaban J connectivity index is 0.00000341. The van der Waals surface area contributed by atoms with Gasteiger partial charge in [-0.1, -0.05) is 48.5 Å². The van der Waals surface area contributed by atoms with E-state index >= 15 is 0 Å². The van der Waals surface area contributed by atoms with Crippen molar-refractivity contribution in [2.75, 3.05) is 31.6 Å². The molecule has 0 aliphatic carbocycles. The lowest BCUT2D eigenvalue weighted by molar-refractivity contribution is -0.116. The quantitative estimate of drug-likeness (QED) is 0.184. The first kappa shape index (κ1) is 25.1. The van der Waals surface area contributed by atoms with Gasteiger partial charge in [-0.05, 0) is 37.0 Å². The Morgan fingerprint density at radius 2 is 1.87 bits per heavy atom. The monoisotopic (exact) mass is 536 g/mol. The Bertz CT molecular complexity index is 829. The predicted molar refractivity (Wildman–Crippen MR) is 137 cm³/mol. The molecule has 1 atom stereocenters. The Morgan fingerprint density at radius 3 is 2.68 bits per heavy atom. The highest BCUT2D eigenvalue weighted by molar-refractivity contribution is 14.0. The first-order valence-electron chi connectivity index (χ1n) is 10.8. The van der Waals surface area contributed by atoms with Gasteiger partial charge in [0, 0.05) is 37.7 Å². The number of carbonyl (C=O) groups excluding carboxylic acids is 1. The number of carbonyl (C=O) groups is 1. The summed E-state index contributed by atoms with van der Waals surface area (Å²) in [5.41, 5.74) is 3.27. The Kier molecular flexibility index (Phi) is 11.4. The fourth-order valence-corrected chi connectivity index (χ4v) is 3.51. The summed E-state index contributed by atoms with van der Waals surface area (Å²) in [5, 5.41) is 9.62. The molecule has 3 N–H and O–H groups in total. The van der Waals surface area contributed by atoms with E-state index in [1.54, 1.807) is 0 Å². The van der Waals surface area contributed by atoms with Gasteiger partial charge in [-0.15, -0.1) is 24.0 Å². The minimum atomic E-state index is 0. The van der Waals surface area contributed by atoms with Gasteiger partial charge in [-0.2, -0.15) is 0 Å². The molecule has 2 aromatic carbocycles. The molecule has 31 heavy (non-hydrogen) atoms. The number of halogens is 1. The van der Waals surface area contributed by atoms with E-state index in [4.69, 9.17) is 9.73 Å². The molecule has 1 heterocycles. The van der Waals surface area contributed by atoms with Gasteiger partial charge >= 0.3 is 0 Å². The molecule has 0 saturated carbocycles. The molecular formula is C24H33IN4O2. The van der Waals surface area contributed by atoms with Crippen LogP contribution in [0.2, 0.25) is 0 Å². The van der Waals surface area contributed by atoms with Crippen LogP contribution < -0.4 is 16.0 Å². The highest BCUT2D eigenvalue weighted by Gasteiger charge is 2.24. The van der Waals surface area contributed by atoms with Crippen molar-refractivity contribution in [3.05, 3.63) is 65.7 Å². The highest BCUT2D eigenvalue weighted by Crippen LogP contribution is 2.31. The summed E-state index contributed by atoms with van der Waals surface area (Å²) in [7, 11) is 0. The minimum Gasteiger partial charge on any atom is -0.377 e. The van der Waals surface area contributed by atoms with Gasteiger partial charge in [0.2, 0.25) is 5.91 Å². The number of hydrogen-bond acceptors (Lipinski definition) is 3. The van der Waals surface area contributed by atoms with Crippen molar-refractivity contribution in [3.63, 3.8) is 0 Å². The average molecular weight is 536 g/mol. The predicted octanol–water partition coefficient (Wildman–Crippen LogP) is 4.28. The van der Waals surface area contributed by atoms with Crippen molar-refractivity contribution in [1.29, 1.82) is 0 Å². The minimum absolute atomic E-state index is 0. The van der Waals surface area contributed by atoms with Crippen LogP contribution in [0.3, 0.4) is 0 Å². The normalized spacial score (nSPS) is 15.5. The number of aliphatic imine (C=N–C) groups is 1. The first-order valence-corrected chi connectivity index (χ1v) is 10.8. The molecule has 0 aromatic heterocycles. The molecule has 1 aliphatic heterocycles. The number of rotatable bonds is 10. The number of ether oxygens (including phenoxy) is 1. The second-order valence-corrected chi connectivity index (χ2v) is 7.43. The second-order valence-electron chi connectivity index (χ2n) is 7.43. The van der Waals surface area contributed by atoms with E-state index < -0.39 is 0 Å². The number of fused-ring (bicyclic) bond motifs is 1. The van der Waals surface area contributed by atoms with Crippen LogP contribution in [-0.4, -0.2) is 38.1 Å². The Labute approximate surface area is 202 Å². The van der Waals surface area contributed by atoms with Crippen LogP contribution in [0.25, 0.3) is 0 Å². The standard InChI is InChI=1S/C24H32N4O2.HI/c1-2-25-24(26-14-8-9-15-30-18-19-10-4-3-5-11-19)27-17-20-16-23(29)28-22-13-7-6-12-21(20)22;/h3-7,10-13,20H,2,8-9,14-18H2,1H3,(H,28,29)(H2,25,26,27);1H. The van der Waals surface area contributed by atoms with E-state index in [0.717, 1.165) is 49.7 Å². The fourth-order valence-electron chi connectivity index (χ4n) is 3.51. The van der Waals surface area contributed by atoms with Gasteiger partial charge < -0.3 is 20.7 Å². The summed E-state index contributed by atoms with van der Waals surface area (Å²) >= 11 is 0. The average Bonchev–Trinajstić information content (AvgIpc) is 2.77. The van der Waals surface area contributed by atoms with Crippen LogP contribution in [0, 0.1) is 0 Å². The number of hydrogen-bond donors (Lipinski definition) is 3. The van der Waals surface area contributed by atoms with Gasteiger partial charge in [0.05, 0.1) is 13.2 Å². The number of amides is 1. The third kappa shape index (κ3) is 8.49. The van der Waals surface area contributed by atoms with Gasteiger partial charge in [0.15, 0.2) is 5.96 Å². The van der Waals surface area contributed by atoms with Crippen LogP contribution >= 0.6 is 24.0 Å². The second kappa shape index (κ2) is 14.0. The van der Waals surface area contributed by atoms with Crippen molar-refractivity contribution >= 4 is 41.5 Å². The summed E-state index contributed by atoms with van der Waals surface area (Å²) in [6.45, 7) is 5.68. The van der Waals surface area contributed by atoms with Crippen molar-refractivity contribution in [1.82, 2.24) is 10.6 Å². The number of nitrogens with one attached hydrogen (secondary N) is 3. The number of guanidine groups is 1. The van der Waals surface area contributed by atoms with Crippen molar-refractivity contribution in [3.8, 4) is 0 Å². The zero-order valence-electron chi connectivity index (χ0n) is 18.1. The summed E-state index contributed by atoms with van der Waals surface area (Å²) in [5.74, 6) is 0.963. The number of nitrogens with zero attached hydrogens (tertiary/aromatic N) is 1. The molecule has 2 aromatic rings. The smallest absolute Gasteiger partial charge is 0.225 e. The molecule has 1 amide bonds. The fraction of sp³-hybridized carbons (Fsp3) is 0.417. The number of anilines is 1. The van der Waals surface area contributed by atoms with Gasteiger partial charge in [-0.3, -0.25) is 9.79 Å². The topological polar surface area (TPSA) is 74.8 Å². The molecule has 1 unspecified atom stereocenters. The van der Waals surface area contributed by atoms with Crippen LogP contribution in [0.5, 0.6) is 0 Å². The van der Waals surface area contributed by atoms with Crippen molar-refractivity contribution in [2.45, 2.75) is 38.7 Å². The molecule has 0 spiro atoms. The van der Waals surface area contributed by atoms with Crippen LogP contribution in [0.15, 0.2) is 59.6 Å². The summed E-state index contributed by atoms with van der Waals surface area (Å²) in [6.07, 6.45) is 2.47. The molecule has 7 heteroatoms. The third-order valence-corrected chi connectivity index (χ3v) is 5.04. The molecule has 0 fully saturated rings. The lowest BCUT2D eigenvalue weighted by Gasteiger charge is -2.24. The summed E-state index contributed by atoms with van der Waals surface area (Å²) < 4.78 is 5.73. The molecule has 1 aliphatic rings. The maximum absolute atomic E-state index is 12.0. The van der Waals surface area contributed by atoms with E-state index in [0.29, 0.717) is 19.6 Å². The van der Waals surface area contributed by atoms with E-state index in [2.05, 4.69) is 41.1 Å². The zero-order valence-corrected chi connectivity index (χ0v) is 20.4. The first-order chi connectivity index (χ1) is 14.8. The molecule has 168 valence electrons. The molecule has 3 rings (SSSR count). The van der Waals surface area contributed by atoms with Gasteiger partial charge in [0.25, 0.3) is 0 Å². The Hall–Kier alpha value is -2.13. The largest absolute Gasteiger partial charge is 0.377 e. The summed E-state index contributed by atoms with van der Waals surface area (Å²) in [4.78, 5) is 16.7. The van der Waals surface area contributed by atoms with Crippen LogP contribution in [0.1, 0.15) is 43.2 Å². The van der Waals surface area contributed by atoms with E-state index in [1.807, 2.05) is 36.4 Å². The van der Waals surface area contributed by atoms with E-state index in [-0.39, 0.29) is 35.8 Å². The molecular weight excluding hydrogens is 503 g/mol. The maximum atomic E-state index is 12.0. The molecule has 0 saturated heterocycles. The molecule has 6 nitrogen and oxygen atoms in total. The Morgan fingerprint density at radius 1 is 1.10 bits per heavy atom.